The molecule has 76 valence electrons. The number of hydrogen-bond acceptors (Lipinski definition) is 1. The zero-order valence-electron chi connectivity index (χ0n) is 8.25. The van der Waals surface area contributed by atoms with E-state index in [0.717, 1.165) is 16.8 Å². The first kappa shape index (κ1) is 10.2. The van der Waals surface area contributed by atoms with Crippen molar-refractivity contribution in [3.05, 3.63) is 56.9 Å². The van der Waals surface area contributed by atoms with Gasteiger partial charge in [-0.1, -0.05) is 30.3 Å². The molecule has 0 bridgehead atoms. The topological polar surface area (TPSA) is 32.9 Å². The van der Waals surface area contributed by atoms with Crippen molar-refractivity contribution < 1.29 is 0 Å². The third kappa shape index (κ3) is 2.02. The van der Waals surface area contributed by atoms with E-state index in [4.69, 9.17) is 0 Å². The highest BCUT2D eigenvalue weighted by molar-refractivity contribution is 9.10. The molecule has 0 aliphatic carbocycles. The van der Waals surface area contributed by atoms with E-state index in [1.807, 2.05) is 43.3 Å². The van der Waals surface area contributed by atoms with Gasteiger partial charge in [0.25, 0.3) is 5.56 Å². The standard InChI is InChI=1S/C12H10BrNO/c1-8-10(7-11(13)12(15)14-8)9-5-3-2-4-6-9/h2-7H,1H3,(H,14,15). The molecule has 1 aromatic carbocycles. The zero-order chi connectivity index (χ0) is 10.8. The van der Waals surface area contributed by atoms with Gasteiger partial charge in [-0.05, 0) is 34.5 Å². The van der Waals surface area contributed by atoms with Crippen molar-refractivity contribution >= 4 is 15.9 Å². The van der Waals surface area contributed by atoms with Gasteiger partial charge in [-0.2, -0.15) is 0 Å². The molecule has 0 saturated heterocycles. The third-order valence-corrected chi connectivity index (χ3v) is 2.87. The Kier molecular flexibility index (Phi) is 2.73. The first-order chi connectivity index (χ1) is 7.18. The summed E-state index contributed by atoms with van der Waals surface area (Å²) in [5.41, 5.74) is 2.94. The van der Waals surface area contributed by atoms with Crippen molar-refractivity contribution in [2.45, 2.75) is 6.92 Å². The molecule has 1 aromatic heterocycles. The average molecular weight is 264 g/mol. The number of aromatic nitrogens is 1. The lowest BCUT2D eigenvalue weighted by molar-refractivity contribution is 1.13. The molecule has 0 atom stereocenters. The SMILES string of the molecule is Cc1[nH]c(=O)c(Br)cc1-c1ccccc1. The molecule has 0 fully saturated rings. The molecule has 0 aliphatic rings. The Balaban J connectivity index is 2.64. The fourth-order valence-corrected chi connectivity index (χ4v) is 1.84. The van der Waals surface area contributed by atoms with Crippen molar-refractivity contribution in [3.8, 4) is 11.1 Å². The molecule has 0 saturated carbocycles. The number of benzene rings is 1. The second kappa shape index (κ2) is 4.03. The van der Waals surface area contributed by atoms with E-state index in [1.165, 1.54) is 0 Å². The van der Waals surface area contributed by atoms with Crippen LogP contribution in [0, 0.1) is 6.92 Å². The van der Waals surface area contributed by atoms with E-state index in [2.05, 4.69) is 20.9 Å². The lowest BCUT2D eigenvalue weighted by atomic mass is 10.1. The Morgan fingerprint density at radius 3 is 2.53 bits per heavy atom. The Labute approximate surface area is 96.1 Å². The van der Waals surface area contributed by atoms with Crippen molar-refractivity contribution in [2.75, 3.05) is 0 Å². The Bertz CT molecular complexity index is 531. The van der Waals surface area contributed by atoms with Crippen LogP contribution in [-0.4, -0.2) is 4.98 Å². The molecule has 3 heteroatoms. The molecule has 0 amide bonds. The van der Waals surface area contributed by atoms with Crippen LogP contribution in [0.4, 0.5) is 0 Å². The number of aryl methyl sites for hydroxylation is 1. The molecule has 0 unspecified atom stereocenters. The van der Waals surface area contributed by atoms with E-state index >= 15 is 0 Å². The Morgan fingerprint density at radius 2 is 1.87 bits per heavy atom. The van der Waals surface area contributed by atoms with Gasteiger partial charge in [0.15, 0.2) is 0 Å². The summed E-state index contributed by atoms with van der Waals surface area (Å²) in [5.74, 6) is 0. The van der Waals surface area contributed by atoms with E-state index in [9.17, 15) is 4.79 Å². The summed E-state index contributed by atoms with van der Waals surface area (Å²) >= 11 is 3.23. The monoisotopic (exact) mass is 263 g/mol. The zero-order valence-corrected chi connectivity index (χ0v) is 9.84. The minimum atomic E-state index is -0.0906. The second-order valence-electron chi connectivity index (χ2n) is 3.35. The molecule has 15 heavy (non-hydrogen) atoms. The molecule has 2 nitrogen and oxygen atoms in total. The second-order valence-corrected chi connectivity index (χ2v) is 4.21. The normalized spacial score (nSPS) is 10.3. The van der Waals surface area contributed by atoms with E-state index in [0.29, 0.717) is 4.47 Å². The largest absolute Gasteiger partial charge is 0.325 e. The smallest absolute Gasteiger partial charge is 0.262 e. The van der Waals surface area contributed by atoms with Gasteiger partial charge in [-0.25, -0.2) is 0 Å². The highest BCUT2D eigenvalue weighted by atomic mass is 79.9. The summed E-state index contributed by atoms with van der Waals surface area (Å²) in [4.78, 5) is 14.1. The number of aromatic amines is 1. The van der Waals surface area contributed by atoms with Gasteiger partial charge < -0.3 is 4.98 Å². The summed E-state index contributed by atoms with van der Waals surface area (Å²) < 4.78 is 0.562. The van der Waals surface area contributed by atoms with Crippen LogP contribution in [0.3, 0.4) is 0 Å². The van der Waals surface area contributed by atoms with Gasteiger partial charge in [-0.15, -0.1) is 0 Å². The number of H-pyrrole nitrogens is 1. The van der Waals surface area contributed by atoms with E-state index < -0.39 is 0 Å². The summed E-state index contributed by atoms with van der Waals surface area (Å²) in [5, 5.41) is 0. The van der Waals surface area contributed by atoms with E-state index in [-0.39, 0.29) is 5.56 Å². The highest BCUT2D eigenvalue weighted by Gasteiger charge is 2.04. The van der Waals surface area contributed by atoms with Crippen molar-refractivity contribution in [3.63, 3.8) is 0 Å². The number of halogens is 1. The van der Waals surface area contributed by atoms with Crippen LogP contribution in [0.1, 0.15) is 5.69 Å². The van der Waals surface area contributed by atoms with Crippen LogP contribution in [0.2, 0.25) is 0 Å². The van der Waals surface area contributed by atoms with Gasteiger partial charge in [-0.3, -0.25) is 4.79 Å². The minimum Gasteiger partial charge on any atom is -0.325 e. The Morgan fingerprint density at radius 1 is 1.20 bits per heavy atom. The quantitative estimate of drug-likeness (QED) is 0.843. The number of pyridine rings is 1. The first-order valence-electron chi connectivity index (χ1n) is 4.63. The van der Waals surface area contributed by atoms with Crippen LogP contribution in [0.15, 0.2) is 45.7 Å². The molecule has 0 radical (unpaired) electrons. The van der Waals surface area contributed by atoms with Gasteiger partial charge in [0.05, 0.1) is 4.47 Å². The lowest BCUT2D eigenvalue weighted by Crippen LogP contribution is -2.08. The first-order valence-corrected chi connectivity index (χ1v) is 5.42. The van der Waals surface area contributed by atoms with Crippen molar-refractivity contribution in [2.24, 2.45) is 0 Å². The van der Waals surface area contributed by atoms with Crippen molar-refractivity contribution in [1.82, 2.24) is 4.98 Å². The van der Waals surface area contributed by atoms with E-state index in [1.54, 1.807) is 0 Å². The molecule has 1 heterocycles. The predicted molar refractivity (Wildman–Crippen MR) is 64.9 cm³/mol. The van der Waals surface area contributed by atoms with Gasteiger partial charge >= 0.3 is 0 Å². The summed E-state index contributed by atoms with van der Waals surface area (Å²) in [6, 6.07) is 11.8. The maximum Gasteiger partial charge on any atom is 0.262 e. The van der Waals surface area contributed by atoms with Gasteiger partial charge in [0.1, 0.15) is 0 Å². The number of nitrogens with one attached hydrogen (secondary N) is 1. The highest BCUT2D eigenvalue weighted by Crippen LogP contribution is 2.22. The van der Waals surface area contributed by atoms with Crippen molar-refractivity contribution in [1.29, 1.82) is 0 Å². The maximum atomic E-state index is 11.3. The molecule has 0 spiro atoms. The average Bonchev–Trinajstić information content (AvgIpc) is 2.25. The van der Waals surface area contributed by atoms with Crippen LogP contribution >= 0.6 is 15.9 Å². The number of rotatable bonds is 1. The van der Waals surface area contributed by atoms with Crippen LogP contribution in [-0.2, 0) is 0 Å². The van der Waals surface area contributed by atoms with Gasteiger partial charge in [0, 0.05) is 11.3 Å². The fourth-order valence-electron chi connectivity index (χ4n) is 1.52. The minimum absolute atomic E-state index is 0.0906. The summed E-state index contributed by atoms with van der Waals surface area (Å²) in [6.07, 6.45) is 0. The Hall–Kier alpha value is -1.35. The third-order valence-electron chi connectivity index (χ3n) is 2.28. The van der Waals surface area contributed by atoms with Crippen LogP contribution in [0.25, 0.3) is 11.1 Å². The summed E-state index contributed by atoms with van der Waals surface area (Å²) in [6.45, 7) is 1.90. The molecule has 2 rings (SSSR count). The lowest BCUT2D eigenvalue weighted by Gasteiger charge is -2.05. The maximum absolute atomic E-state index is 11.3. The predicted octanol–water partition coefficient (Wildman–Crippen LogP) is 3.11. The molecular weight excluding hydrogens is 254 g/mol. The number of hydrogen-bond donors (Lipinski definition) is 1. The van der Waals surface area contributed by atoms with Crippen LogP contribution < -0.4 is 5.56 Å². The molecule has 1 N–H and O–H groups in total. The summed E-state index contributed by atoms with van der Waals surface area (Å²) in [7, 11) is 0. The fraction of sp³-hybridized carbons (Fsp3) is 0.0833. The molecule has 2 aromatic rings. The molecular formula is C12H10BrNO. The van der Waals surface area contributed by atoms with Crippen LogP contribution in [0.5, 0.6) is 0 Å². The molecule has 0 aliphatic heterocycles. The van der Waals surface area contributed by atoms with Gasteiger partial charge in [0.2, 0.25) is 0 Å².